The summed E-state index contributed by atoms with van der Waals surface area (Å²) in [5.74, 6) is 0.419. The molecule has 64 valence electrons. The Balaban J connectivity index is 2.78. The first-order valence-electron chi connectivity index (χ1n) is 4.31. The Morgan fingerprint density at radius 2 is 2.18 bits per heavy atom. The lowest BCUT2D eigenvalue weighted by Gasteiger charge is -2.31. The van der Waals surface area contributed by atoms with Crippen LogP contribution in [0.3, 0.4) is 0 Å². The summed E-state index contributed by atoms with van der Waals surface area (Å²) in [7, 11) is 0. The van der Waals surface area contributed by atoms with Crippen molar-refractivity contribution in [2.75, 3.05) is 0 Å². The normalized spacial score (nSPS) is 31.7. The van der Waals surface area contributed by atoms with E-state index in [-0.39, 0.29) is 11.5 Å². The van der Waals surface area contributed by atoms with Crippen molar-refractivity contribution >= 4 is 0 Å². The second-order valence-corrected chi connectivity index (χ2v) is 4.19. The third kappa shape index (κ3) is 1.34. The fraction of sp³-hybridized carbons (Fsp3) is 0.800. The standard InChI is InChI=1S/C10H18O/c1-7-5-6-9(8(2)11)10(7,3)4/h5,8-9,11H,6H2,1-4H3. The highest BCUT2D eigenvalue weighted by Crippen LogP contribution is 2.44. The average Bonchev–Trinajstić information content (AvgIpc) is 2.08. The van der Waals surface area contributed by atoms with Gasteiger partial charge in [-0.25, -0.2) is 0 Å². The molecule has 1 aliphatic rings. The first-order valence-corrected chi connectivity index (χ1v) is 4.31. The van der Waals surface area contributed by atoms with Crippen LogP contribution in [0.15, 0.2) is 11.6 Å². The summed E-state index contributed by atoms with van der Waals surface area (Å²) in [5.41, 5.74) is 1.62. The van der Waals surface area contributed by atoms with E-state index in [0.29, 0.717) is 5.92 Å². The summed E-state index contributed by atoms with van der Waals surface area (Å²) in [6.45, 7) is 8.47. The fourth-order valence-corrected chi connectivity index (χ4v) is 1.95. The quantitative estimate of drug-likeness (QED) is 0.575. The molecular formula is C10H18O. The molecule has 0 saturated heterocycles. The van der Waals surface area contributed by atoms with Gasteiger partial charge in [-0.05, 0) is 31.6 Å². The highest BCUT2D eigenvalue weighted by atomic mass is 16.3. The summed E-state index contributed by atoms with van der Waals surface area (Å²) in [6.07, 6.45) is 3.10. The van der Waals surface area contributed by atoms with Crippen molar-refractivity contribution in [3.63, 3.8) is 0 Å². The molecule has 0 heterocycles. The second kappa shape index (κ2) is 2.63. The maximum absolute atomic E-state index is 9.47. The number of aliphatic hydroxyl groups is 1. The molecule has 11 heavy (non-hydrogen) atoms. The number of hydrogen-bond donors (Lipinski definition) is 1. The van der Waals surface area contributed by atoms with Crippen molar-refractivity contribution < 1.29 is 5.11 Å². The minimum absolute atomic E-state index is 0.182. The Kier molecular flexibility index (Phi) is 2.10. The molecule has 2 unspecified atom stereocenters. The van der Waals surface area contributed by atoms with Crippen molar-refractivity contribution in [2.24, 2.45) is 11.3 Å². The number of hydrogen-bond acceptors (Lipinski definition) is 1. The van der Waals surface area contributed by atoms with Crippen LogP contribution >= 0.6 is 0 Å². The van der Waals surface area contributed by atoms with Crippen LogP contribution in [-0.2, 0) is 0 Å². The highest BCUT2D eigenvalue weighted by molar-refractivity contribution is 5.18. The third-order valence-electron chi connectivity index (χ3n) is 3.20. The van der Waals surface area contributed by atoms with Gasteiger partial charge in [-0.2, -0.15) is 0 Å². The molecule has 1 rings (SSSR count). The van der Waals surface area contributed by atoms with Gasteiger partial charge in [-0.3, -0.25) is 0 Å². The predicted octanol–water partition coefficient (Wildman–Crippen LogP) is 2.36. The molecule has 1 aliphatic carbocycles. The summed E-state index contributed by atoms with van der Waals surface area (Å²) < 4.78 is 0. The van der Waals surface area contributed by atoms with Gasteiger partial charge < -0.3 is 5.11 Å². The first-order chi connectivity index (χ1) is 4.96. The zero-order valence-electron chi connectivity index (χ0n) is 7.89. The largest absolute Gasteiger partial charge is 0.393 e. The fourth-order valence-electron chi connectivity index (χ4n) is 1.95. The minimum Gasteiger partial charge on any atom is -0.393 e. The van der Waals surface area contributed by atoms with E-state index in [4.69, 9.17) is 0 Å². The molecule has 1 heteroatoms. The van der Waals surface area contributed by atoms with E-state index in [1.807, 2.05) is 6.92 Å². The molecule has 0 saturated carbocycles. The lowest BCUT2D eigenvalue weighted by atomic mass is 9.75. The number of allylic oxidation sites excluding steroid dienone is 2. The van der Waals surface area contributed by atoms with Crippen molar-refractivity contribution in [1.29, 1.82) is 0 Å². The molecule has 0 aliphatic heterocycles. The van der Waals surface area contributed by atoms with Crippen LogP contribution in [0.5, 0.6) is 0 Å². The van der Waals surface area contributed by atoms with Crippen molar-refractivity contribution in [3.8, 4) is 0 Å². The average molecular weight is 154 g/mol. The molecule has 1 nitrogen and oxygen atoms in total. The van der Waals surface area contributed by atoms with Gasteiger partial charge in [0.1, 0.15) is 0 Å². The molecule has 0 aromatic heterocycles. The topological polar surface area (TPSA) is 20.2 Å². The van der Waals surface area contributed by atoms with Crippen LogP contribution in [0.1, 0.15) is 34.1 Å². The van der Waals surface area contributed by atoms with Crippen LogP contribution in [-0.4, -0.2) is 11.2 Å². The summed E-state index contributed by atoms with van der Waals surface area (Å²) in [6, 6.07) is 0. The molecule has 1 N–H and O–H groups in total. The van der Waals surface area contributed by atoms with Gasteiger partial charge in [0, 0.05) is 0 Å². The molecule has 0 spiro atoms. The molecule has 0 bridgehead atoms. The molecule has 2 atom stereocenters. The summed E-state index contributed by atoms with van der Waals surface area (Å²) >= 11 is 0. The van der Waals surface area contributed by atoms with Crippen LogP contribution < -0.4 is 0 Å². The Bertz CT molecular complexity index is 177. The van der Waals surface area contributed by atoms with Gasteiger partial charge in [0.25, 0.3) is 0 Å². The van der Waals surface area contributed by atoms with Crippen LogP contribution in [0, 0.1) is 11.3 Å². The van der Waals surface area contributed by atoms with E-state index in [0.717, 1.165) is 6.42 Å². The Labute approximate surface area is 69.1 Å². The van der Waals surface area contributed by atoms with Gasteiger partial charge in [-0.15, -0.1) is 0 Å². The van der Waals surface area contributed by atoms with Crippen LogP contribution in [0.4, 0.5) is 0 Å². The summed E-state index contributed by atoms with van der Waals surface area (Å²) in [4.78, 5) is 0. The number of aliphatic hydroxyl groups excluding tert-OH is 1. The van der Waals surface area contributed by atoms with Crippen molar-refractivity contribution in [3.05, 3.63) is 11.6 Å². The van der Waals surface area contributed by atoms with Gasteiger partial charge in [-0.1, -0.05) is 25.5 Å². The van der Waals surface area contributed by atoms with E-state index < -0.39 is 0 Å². The van der Waals surface area contributed by atoms with Gasteiger partial charge >= 0.3 is 0 Å². The maximum Gasteiger partial charge on any atom is 0.0551 e. The Morgan fingerprint density at radius 1 is 1.64 bits per heavy atom. The van der Waals surface area contributed by atoms with Crippen molar-refractivity contribution in [1.82, 2.24) is 0 Å². The molecule has 0 aromatic rings. The van der Waals surface area contributed by atoms with E-state index in [2.05, 4.69) is 26.8 Å². The predicted molar refractivity (Wildman–Crippen MR) is 47.3 cm³/mol. The molecule has 0 radical (unpaired) electrons. The van der Waals surface area contributed by atoms with E-state index in [1.165, 1.54) is 5.57 Å². The third-order valence-corrected chi connectivity index (χ3v) is 3.20. The van der Waals surface area contributed by atoms with Crippen molar-refractivity contribution in [2.45, 2.75) is 40.2 Å². The van der Waals surface area contributed by atoms with Gasteiger partial charge in [0.05, 0.1) is 6.10 Å². The SMILES string of the molecule is CC1=CCC(C(C)O)C1(C)C. The van der Waals surface area contributed by atoms with Gasteiger partial charge in [0.2, 0.25) is 0 Å². The number of rotatable bonds is 1. The summed E-state index contributed by atoms with van der Waals surface area (Å²) in [5, 5.41) is 9.47. The zero-order chi connectivity index (χ0) is 8.65. The lowest BCUT2D eigenvalue weighted by Crippen LogP contribution is -2.29. The highest BCUT2D eigenvalue weighted by Gasteiger charge is 2.37. The van der Waals surface area contributed by atoms with Gasteiger partial charge in [0.15, 0.2) is 0 Å². The zero-order valence-corrected chi connectivity index (χ0v) is 7.89. The van der Waals surface area contributed by atoms with E-state index >= 15 is 0 Å². The van der Waals surface area contributed by atoms with E-state index in [1.54, 1.807) is 0 Å². The Hall–Kier alpha value is -0.300. The maximum atomic E-state index is 9.47. The molecule has 0 aromatic carbocycles. The molecular weight excluding hydrogens is 136 g/mol. The monoisotopic (exact) mass is 154 g/mol. The second-order valence-electron chi connectivity index (χ2n) is 4.19. The first kappa shape index (κ1) is 8.79. The molecule has 0 fully saturated rings. The van der Waals surface area contributed by atoms with Crippen LogP contribution in [0.2, 0.25) is 0 Å². The lowest BCUT2D eigenvalue weighted by molar-refractivity contribution is 0.0759. The molecule has 0 amide bonds. The smallest absolute Gasteiger partial charge is 0.0551 e. The minimum atomic E-state index is -0.182. The Morgan fingerprint density at radius 3 is 2.36 bits per heavy atom. The van der Waals surface area contributed by atoms with Crippen LogP contribution in [0.25, 0.3) is 0 Å². The van der Waals surface area contributed by atoms with E-state index in [9.17, 15) is 5.11 Å².